The summed E-state index contributed by atoms with van der Waals surface area (Å²) in [5.74, 6) is -1.75. The van der Waals surface area contributed by atoms with Crippen molar-refractivity contribution >= 4 is 11.9 Å². The van der Waals surface area contributed by atoms with E-state index in [2.05, 4.69) is 10.3 Å². The normalized spacial score (nSPS) is 22.7. The fourth-order valence-corrected chi connectivity index (χ4v) is 3.35. The van der Waals surface area contributed by atoms with Gasteiger partial charge in [-0.05, 0) is 43.7 Å². The molecule has 0 spiro atoms. The molecule has 0 saturated carbocycles. The number of rotatable bonds is 2. The minimum Gasteiger partial charge on any atom is -0.323 e. The molecular formula is C18H16F3N3. The van der Waals surface area contributed by atoms with E-state index >= 15 is 0 Å². The Labute approximate surface area is 137 Å². The lowest BCUT2D eigenvalue weighted by Gasteiger charge is -2.34. The zero-order valence-corrected chi connectivity index (χ0v) is 12.8. The van der Waals surface area contributed by atoms with Crippen molar-refractivity contribution in [3.05, 3.63) is 64.4 Å². The number of halogens is 3. The highest BCUT2D eigenvalue weighted by Gasteiger charge is 2.31. The third-order valence-corrected chi connectivity index (χ3v) is 4.46. The molecule has 0 radical (unpaired) electrons. The number of nitrogens with zero attached hydrogens (tertiary/aromatic N) is 2. The lowest BCUT2D eigenvalue weighted by atomic mass is 10.1. The van der Waals surface area contributed by atoms with Crippen LogP contribution in [0.1, 0.15) is 12.8 Å². The monoisotopic (exact) mass is 331 g/mol. The Hall–Kier alpha value is -2.34. The molecule has 2 aliphatic heterocycles. The summed E-state index contributed by atoms with van der Waals surface area (Å²) in [5, 5.41) is 4.25. The first-order valence-electron chi connectivity index (χ1n) is 7.94. The molecular weight excluding hydrogens is 315 g/mol. The Morgan fingerprint density at radius 3 is 2.58 bits per heavy atom. The predicted octanol–water partition coefficient (Wildman–Crippen LogP) is 2.06. The number of fused-ring (bicyclic) bond motifs is 1. The van der Waals surface area contributed by atoms with E-state index in [1.807, 2.05) is 0 Å². The Morgan fingerprint density at radius 1 is 1.08 bits per heavy atom. The molecule has 4 rings (SSSR count). The van der Waals surface area contributed by atoms with Gasteiger partial charge < -0.3 is 10.2 Å². The van der Waals surface area contributed by atoms with Crippen molar-refractivity contribution in [3.8, 4) is 0 Å². The van der Waals surface area contributed by atoms with E-state index in [-0.39, 0.29) is 12.2 Å². The van der Waals surface area contributed by atoms with Crippen molar-refractivity contribution in [2.45, 2.75) is 25.0 Å². The van der Waals surface area contributed by atoms with Crippen molar-refractivity contribution in [1.29, 1.82) is 0 Å². The van der Waals surface area contributed by atoms with Crippen LogP contribution in [0.25, 0.3) is 6.20 Å². The Morgan fingerprint density at radius 2 is 1.88 bits per heavy atom. The van der Waals surface area contributed by atoms with E-state index in [0.717, 1.165) is 25.5 Å². The molecule has 1 N–H and O–H groups in total. The van der Waals surface area contributed by atoms with E-state index in [9.17, 15) is 13.2 Å². The molecule has 24 heavy (non-hydrogen) atoms. The molecule has 1 fully saturated rings. The molecule has 0 amide bonds. The van der Waals surface area contributed by atoms with Gasteiger partial charge in [-0.3, -0.25) is 4.99 Å². The second kappa shape index (κ2) is 5.94. The van der Waals surface area contributed by atoms with Gasteiger partial charge >= 0.3 is 0 Å². The Kier molecular flexibility index (Phi) is 3.76. The molecule has 1 unspecified atom stereocenters. The van der Waals surface area contributed by atoms with Gasteiger partial charge in [-0.15, -0.1) is 0 Å². The topological polar surface area (TPSA) is 27.6 Å². The van der Waals surface area contributed by atoms with Gasteiger partial charge in [-0.25, -0.2) is 13.2 Å². The first-order valence-corrected chi connectivity index (χ1v) is 7.94. The zero-order valence-electron chi connectivity index (χ0n) is 12.8. The summed E-state index contributed by atoms with van der Waals surface area (Å²) in [6.07, 6.45) is 3.14. The lowest BCUT2D eigenvalue weighted by Crippen LogP contribution is -2.51. The summed E-state index contributed by atoms with van der Waals surface area (Å²) in [7, 11) is 0. The van der Waals surface area contributed by atoms with Gasteiger partial charge in [0.25, 0.3) is 0 Å². The van der Waals surface area contributed by atoms with Crippen LogP contribution in [-0.2, 0) is 0 Å². The van der Waals surface area contributed by atoms with Gasteiger partial charge in [-0.1, -0.05) is 6.07 Å². The molecule has 2 aliphatic rings. The molecule has 2 aromatic carbocycles. The first kappa shape index (κ1) is 15.2. The highest BCUT2D eigenvalue weighted by molar-refractivity contribution is 5.61. The fourth-order valence-electron chi connectivity index (χ4n) is 3.35. The van der Waals surface area contributed by atoms with Crippen molar-refractivity contribution in [2.75, 3.05) is 11.4 Å². The second-order valence-electron chi connectivity index (χ2n) is 6.08. The molecule has 1 saturated heterocycles. The average Bonchev–Trinajstić information content (AvgIpc) is 3.07. The van der Waals surface area contributed by atoms with E-state index in [4.69, 9.17) is 0 Å². The van der Waals surface area contributed by atoms with E-state index in [1.54, 1.807) is 23.2 Å². The molecule has 124 valence electrons. The summed E-state index contributed by atoms with van der Waals surface area (Å²) in [6.45, 7) is 0.873. The average molecular weight is 331 g/mol. The van der Waals surface area contributed by atoms with Gasteiger partial charge in [-0.2, -0.15) is 0 Å². The highest BCUT2D eigenvalue weighted by atomic mass is 19.1. The van der Waals surface area contributed by atoms with Gasteiger partial charge in [0.1, 0.15) is 23.6 Å². The van der Waals surface area contributed by atoms with Crippen LogP contribution in [0, 0.1) is 17.5 Å². The number of anilines is 1. The number of hydrogen-bond donors (Lipinski definition) is 1. The van der Waals surface area contributed by atoms with Crippen LogP contribution in [0.3, 0.4) is 0 Å². The molecule has 3 nitrogen and oxygen atoms in total. The predicted molar refractivity (Wildman–Crippen MR) is 85.3 cm³/mol. The number of hydrogen-bond acceptors (Lipinski definition) is 3. The van der Waals surface area contributed by atoms with Crippen LogP contribution in [0.5, 0.6) is 0 Å². The lowest BCUT2D eigenvalue weighted by molar-refractivity contribution is 0.479. The molecule has 2 heterocycles. The molecule has 0 aliphatic carbocycles. The van der Waals surface area contributed by atoms with Gasteiger partial charge in [0.05, 0.1) is 10.6 Å². The van der Waals surface area contributed by atoms with Crippen molar-refractivity contribution in [3.63, 3.8) is 0 Å². The van der Waals surface area contributed by atoms with Crippen molar-refractivity contribution in [2.24, 2.45) is 4.99 Å². The standard InChI is InChI=1S/C18H16F3N3/c19-11-7-12(20)9-13(8-11)24-10-14-15(21)3-1-4-16(14)23-18(24)17-5-2-6-22-17/h1,3-4,7-10,17-18,22H,2,5-6H2/t17?,18-/m1/s1. The number of benzene rings is 2. The minimum absolute atomic E-state index is 0.0454. The van der Waals surface area contributed by atoms with Crippen LogP contribution in [0.4, 0.5) is 18.9 Å². The van der Waals surface area contributed by atoms with Crippen LogP contribution in [-0.4, -0.2) is 18.8 Å². The molecule has 0 bridgehead atoms. The van der Waals surface area contributed by atoms with E-state index in [1.165, 1.54) is 18.2 Å². The minimum atomic E-state index is -0.670. The smallest absolute Gasteiger partial charge is 0.141 e. The third kappa shape index (κ3) is 2.67. The van der Waals surface area contributed by atoms with Crippen LogP contribution in [0.15, 0.2) is 41.4 Å². The van der Waals surface area contributed by atoms with E-state index in [0.29, 0.717) is 16.3 Å². The molecule has 2 atom stereocenters. The zero-order chi connectivity index (χ0) is 16.7. The van der Waals surface area contributed by atoms with Crippen molar-refractivity contribution < 1.29 is 13.2 Å². The summed E-state index contributed by atoms with van der Waals surface area (Å²) in [6, 6.07) is 8.06. The maximum atomic E-state index is 14.1. The van der Waals surface area contributed by atoms with Gasteiger partial charge in [0, 0.05) is 24.0 Å². The summed E-state index contributed by atoms with van der Waals surface area (Å²) in [4.78, 5) is 6.31. The molecule has 2 aromatic rings. The third-order valence-electron chi connectivity index (χ3n) is 4.46. The van der Waals surface area contributed by atoms with Crippen LogP contribution in [0.2, 0.25) is 0 Å². The molecule has 0 aromatic heterocycles. The van der Waals surface area contributed by atoms with Crippen LogP contribution < -0.4 is 20.8 Å². The maximum absolute atomic E-state index is 14.1. The van der Waals surface area contributed by atoms with Gasteiger partial charge in [0.15, 0.2) is 0 Å². The Bertz CT molecular complexity index is 871. The molecule has 6 heteroatoms. The van der Waals surface area contributed by atoms with Gasteiger partial charge in [0.2, 0.25) is 0 Å². The summed E-state index contributed by atoms with van der Waals surface area (Å²) in [5.41, 5.74) is 0.323. The quantitative estimate of drug-likeness (QED) is 0.912. The first-order chi connectivity index (χ1) is 11.6. The SMILES string of the molecule is Fc1cc(F)cc(N2C=c3c(F)cccc3=N[C@H]2C2CCCN2)c1. The number of nitrogens with one attached hydrogen (secondary N) is 1. The highest BCUT2D eigenvalue weighted by Crippen LogP contribution is 2.26. The Balaban J connectivity index is 1.89. The fraction of sp³-hybridized carbons (Fsp3) is 0.278. The second-order valence-corrected chi connectivity index (χ2v) is 6.08. The van der Waals surface area contributed by atoms with E-state index < -0.39 is 17.5 Å². The summed E-state index contributed by atoms with van der Waals surface area (Å²) < 4.78 is 41.5. The van der Waals surface area contributed by atoms with Crippen LogP contribution >= 0.6 is 0 Å². The van der Waals surface area contributed by atoms with Crippen molar-refractivity contribution in [1.82, 2.24) is 5.32 Å². The maximum Gasteiger partial charge on any atom is 0.141 e. The summed E-state index contributed by atoms with van der Waals surface area (Å²) >= 11 is 0. The largest absolute Gasteiger partial charge is 0.323 e.